The molecule has 0 aliphatic heterocycles. The zero-order chi connectivity index (χ0) is 20.3. The van der Waals surface area contributed by atoms with Gasteiger partial charge in [0.2, 0.25) is 5.91 Å². The van der Waals surface area contributed by atoms with E-state index in [0.717, 1.165) is 11.1 Å². The number of nitrogens with two attached hydrogens (primary N) is 1. The number of H-pyrrole nitrogens is 1. The van der Waals surface area contributed by atoms with E-state index in [2.05, 4.69) is 10.3 Å². The third-order valence-corrected chi connectivity index (χ3v) is 4.50. The van der Waals surface area contributed by atoms with E-state index in [1.807, 2.05) is 26.0 Å². The van der Waals surface area contributed by atoms with Gasteiger partial charge in [-0.05, 0) is 50.6 Å². The van der Waals surface area contributed by atoms with Gasteiger partial charge in [0, 0.05) is 34.8 Å². The number of halogens is 1. The van der Waals surface area contributed by atoms with Gasteiger partial charge in [-0.3, -0.25) is 9.59 Å². The molecule has 3 aromatic rings. The molecule has 0 aliphatic rings. The van der Waals surface area contributed by atoms with Crippen molar-refractivity contribution in [1.82, 2.24) is 4.98 Å². The number of aromatic nitrogens is 1. The second-order valence-electron chi connectivity index (χ2n) is 6.78. The quantitative estimate of drug-likeness (QED) is 0.564. The van der Waals surface area contributed by atoms with Crippen LogP contribution in [0.2, 0.25) is 5.02 Å². The molecule has 1 aromatic heterocycles. The van der Waals surface area contributed by atoms with E-state index in [9.17, 15) is 9.59 Å². The molecule has 0 aliphatic carbocycles. The first-order valence-electron chi connectivity index (χ1n) is 8.99. The van der Waals surface area contributed by atoms with Gasteiger partial charge in [0.15, 0.2) is 0 Å². The Hall–Kier alpha value is -2.99. The molecule has 0 bridgehead atoms. The Balaban J connectivity index is 1.76. The molecule has 0 saturated heterocycles. The number of ether oxygens (including phenoxy) is 1. The lowest BCUT2D eigenvalue weighted by molar-refractivity contribution is 0.100. The number of amides is 1. The van der Waals surface area contributed by atoms with Crippen LogP contribution in [0.5, 0.6) is 5.75 Å². The number of carbonyl (C=O) groups excluding carboxylic acids is 1. The van der Waals surface area contributed by atoms with Gasteiger partial charge in [-0.1, -0.05) is 17.7 Å². The Labute approximate surface area is 167 Å². The van der Waals surface area contributed by atoms with Crippen molar-refractivity contribution in [1.29, 1.82) is 0 Å². The maximum atomic E-state index is 12.4. The minimum atomic E-state index is -0.479. The highest BCUT2D eigenvalue weighted by Crippen LogP contribution is 2.30. The molecule has 0 saturated carbocycles. The number of benzene rings is 2. The number of aromatic amines is 1. The van der Waals surface area contributed by atoms with Crippen LogP contribution >= 0.6 is 11.6 Å². The molecule has 6 nitrogen and oxygen atoms in total. The zero-order valence-corrected chi connectivity index (χ0v) is 16.5. The summed E-state index contributed by atoms with van der Waals surface area (Å²) in [5.74, 6) is 0.0656. The van der Waals surface area contributed by atoms with Crippen LogP contribution in [0.15, 0.2) is 47.3 Å². The molecule has 0 spiro atoms. The predicted octanol–water partition coefficient (Wildman–Crippen LogP) is 3.72. The standard InChI is InChI=1S/C21H22ClN3O3/c1-12(2)28-19-11-18-15(10-17(19)22)8-14(21(27)25-18)6-7-24-16-5-3-4-13(9-16)20(23)26/h3-5,8-12,24H,6-7H2,1-2H3,(H2,23,26)(H,25,27). The molecule has 1 heterocycles. The van der Waals surface area contributed by atoms with Crippen LogP contribution in [-0.2, 0) is 6.42 Å². The van der Waals surface area contributed by atoms with Crippen molar-refractivity contribution in [3.05, 3.63) is 69.0 Å². The van der Waals surface area contributed by atoms with Crippen molar-refractivity contribution >= 4 is 34.1 Å². The molecular formula is C21H22ClN3O3. The van der Waals surface area contributed by atoms with E-state index in [1.165, 1.54) is 0 Å². The van der Waals surface area contributed by atoms with Gasteiger partial charge in [-0.25, -0.2) is 0 Å². The smallest absolute Gasteiger partial charge is 0.251 e. The Kier molecular flexibility index (Phi) is 5.90. The number of nitrogens with one attached hydrogen (secondary N) is 2. The van der Waals surface area contributed by atoms with Gasteiger partial charge in [-0.2, -0.15) is 0 Å². The highest BCUT2D eigenvalue weighted by Gasteiger charge is 2.10. The molecule has 7 heteroatoms. The van der Waals surface area contributed by atoms with E-state index in [-0.39, 0.29) is 11.7 Å². The molecule has 28 heavy (non-hydrogen) atoms. The summed E-state index contributed by atoms with van der Waals surface area (Å²) in [4.78, 5) is 26.6. The lowest BCUT2D eigenvalue weighted by Crippen LogP contribution is -2.17. The maximum absolute atomic E-state index is 12.4. The highest BCUT2D eigenvalue weighted by atomic mass is 35.5. The van der Waals surface area contributed by atoms with E-state index in [1.54, 1.807) is 30.3 Å². The van der Waals surface area contributed by atoms with Gasteiger partial charge >= 0.3 is 0 Å². The number of fused-ring (bicyclic) bond motifs is 1. The summed E-state index contributed by atoms with van der Waals surface area (Å²) < 4.78 is 5.67. The van der Waals surface area contributed by atoms with Crippen molar-refractivity contribution in [2.45, 2.75) is 26.4 Å². The van der Waals surface area contributed by atoms with Crippen molar-refractivity contribution < 1.29 is 9.53 Å². The molecule has 1 amide bonds. The highest BCUT2D eigenvalue weighted by molar-refractivity contribution is 6.32. The second kappa shape index (κ2) is 8.35. The normalized spacial score (nSPS) is 11.0. The number of rotatable bonds is 7. The first-order chi connectivity index (χ1) is 13.3. The Morgan fingerprint density at radius 3 is 2.75 bits per heavy atom. The van der Waals surface area contributed by atoms with Gasteiger partial charge in [0.1, 0.15) is 5.75 Å². The lowest BCUT2D eigenvalue weighted by atomic mass is 10.1. The van der Waals surface area contributed by atoms with E-state index in [4.69, 9.17) is 22.1 Å². The summed E-state index contributed by atoms with van der Waals surface area (Å²) in [5.41, 5.74) is 7.66. The third kappa shape index (κ3) is 4.64. The molecule has 4 N–H and O–H groups in total. The SMILES string of the molecule is CC(C)Oc1cc2[nH]c(=O)c(CCNc3cccc(C(N)=O)c3)cc2cc1Cl. The van der Waals surface area contributed by atoms with Gasteiger partial charge in [-0.15, -0.1) is 0 Å². The largest absolute Gasteiger partial charge is 0.489 e. The Morgan fingerprint density at radius 2 is 2.04 bits per heavy atom. The summed E-state index contributed by atoms with van der Waals surface area (Å²) in [6, 6.07) is 12.3. The Bertz CT molecular complexity index is 1080. The van der Waals surface area contributed by atoms with Gasteiger partial charge < -0.3 is 20.8 Å². The fraction of sp³-hybridized carbons (Fsp3) is 0.238. The van der Waals surface area contributed by atoms with Crippen molar-refractivity contribution in [2.24, 2.45) is 5.73 Å². The average molecular weight is 400 g/mol. The third-order valence-electron chi connectivity index (χ3n) is 4.21. The summed E-state index contributed by atoms with van der Waals surface area (Å²) in [6.45, 7) is 4.36. The van der Waals surface area contributed by atoms with Crippen LogP contribution in [0, 0.1) is 0 Å². The van der Waals surface area contributed by atoms with Crippen LogP contribution in [0.25, 0.3) is 10.9 Å². The number of hydrogen-bond acceptors (Lipinski definition) is 4. The summed E-state index contributed by atoms with van der Waals surface area (Å²) in [5, 5.41) is 4.54. The summed E-state index contributed by atoms with van der Waals surface area (Å²) >= 11 is 6.30. The number of primary amides is 1. The Morgan fingerprint density at radius 1 is 1.25 bits per heavy atom. The van der Waals surface area contributed by atoms with Crippen molar-refractivity contribution in [3.63, 3.8) is 0 Å². The summed E-state index contributed by atoms with van der Waals surface area (Å²) in [7, 11) is 0. The number of pyridine rings is 1. The molecular weight excluding hydrogens is 378 g/mol. The molecule has 0 unspecified atom stereocenters. The maximum Gasteiger partial charge on any atom is 0.251 e. The topological polar surface area (TPSA) is 97.2 Å². The van der Waals surface area contributed by atoms with E-state index in [0.29, 0.717) is 40.4 Å². The number of hydrogen-bond donors (Lipinski definition) is 3. The molecule has 0 fully saturated rings. The van der Waals surface area contributed by atoms with Gasteiger partial charge in [0.25, 0.3) is 5.56 Å². The average Bonchev–Trinajstić information content (AvgIpc) is 2.63. The first-order valence-corrected chi connectivity index (χ1v) is 9.37. The molecule has 0 atom stereocenters. The van der Waals surface area contributed by atoms with Crippen LogP contribution in [-0.4, -0.2) is 23.5 Å². The lowest BCUT2D eigenvalue weighted by Gasteiger charge is -2.13. The monoisotopic (exact) mass is 399 g/mol. The molecule has 146 valence electrons. The van der Waals surface area contributed by atoms with Gasteiger partial charge in [0.05, 0.1) is 16.6 Å². The van der Waals surface area contributed by atoms with Crippen LogP contribution < -0.4 is 21.3 Å². The number of anilines is 1. The minimum absolute atomic E-state index is 0.0138. The van der Waals surface area contributed by atoms with Crippen molar-refractivity contribution in [2.75, 3.05) is 11.9 Å². The first kappa shape index (κ1) is 19.8. The number of carbonyl (C=O) groups is 1. The zero-order valence-electron chi connectivity index (χ0n) is 15.7. The molecule has 3 rings (SSSR count). The fourth-order valence-electron chi connectivity index (χ4n) is 2.91. The van der Waals surface area contributed by atoms with Crippen LogP contribution in [0.3, 0.4) is 0 Å². The van der Waals surface area contributed by atoms with Crippen molar-refractivity contribution in [3.8, 4) is 5.75 Å². The minimum Gasteiger partial charge on any atom is -0.489 e. The predicted molar refractivity (Wildman–Crippen MR) is 112 cm³/mol. The van der Waals surface area contributed by atoms with E-state index < -0.39 is 5.91 Å². The molecule has 2 aromatic carbocycles. The van der Waals surface area contributed by atoms with E-state index >= 15 is 0 Å². The van der Waals surface area contributed by atoms with Crippen LogP contribution in [0.1, 0.15) is 29.8 Å². The molecule has 0 radical (unpaired) electrons. The summed E-state index contributed by atoms with van der Waals surface area (Å²) in [6.07, 6.45) is 0.494. The fourth-order valence-corrected chi connectivity index (χ4v) is 3.12. The second-order valence-corrected chi connectivity index (χ2v) is 7.19. The van der Waals surface area contributed by atoms with Crippen LogP contribution in [0.4, 0.5) is 5.69 Å².